The summed E-state index contributed by atoms with van der Waals surface area (Å²) >= 11 is 13.3. The molecule has 0 saturated carbocycles. The third-order valence-electron chi connectivity index (χ3n) is 1.88. The number of halogens is 4. The molecule has 0 atom stereocenters. The second-order valence-electron chi connectivity index (χ2n) is 3.06. The smallest absolute Gasteiger partial charge is 0.0204 e. The molecule has 0 heterocycles. The van der Waals surface area contributed by atoms with E-state index in [0.29, 0.717) is 5.92 Å². The van der Waals surface area contributed by atoms with Gasteiger partial charge in [-0.15, -0.1) is 0 Å². The van der Waals surface area contributed by atoms with Gasteiger partial charge in [-0.3, -0.25) is 0 Å². The van der Waals surface area contributed by atoms with Gasteiger partial charge >= 0.3 is 59.7 Å². The Morgan fingerprint density at radius 1 is 0.938 bits per heavy atom. The first kappa shape index (κ1) is 15.6. The maximum Gasteiger partial charge on any atom is 0.0204 e. The summed E-state index contributed by atoms with van der Waals surface area (Å²) in [4.78, 5) is 0. The minimum atomic E-state index is -1.93. The van der Waals surface area contributed by atoms with Crippen LogP contribution in [0.1, 0.15) is 11.5 Å². The van der Waals surface area contributed by atoms with Crippen LogP contribution in [0.3, 0.4) is 0 Å². The van der Waals surface area contributed by atoms with E-state index in [2.05, 4.69) is 91.4 Å². The molecule has 0 spiro atoms. The molecule has 0 fully saturated rings. The predicted molar refractivity (Wildman–Crippen MR) is 82.0 cm³/mol. The number of hydrogen-bond donors (Lipinski definition) is 0. The number of allylic oxidation sites excluding steroid dienone is 4. The molecule has 0 unspecified atom stereocenters. The number of benzene rings is 1. The summed E-state index contributed by atoms with van der Waals surface area (Å²) in [5.74, 6) is 0.490. The van der Waals surface area contributed by atoms with Gasteiger partial charge in [0, 0.05) is 5.92 Å². The van der Waals surface area contributed by atoms with E-state index in [1.165, 1.54) is 5.56 Å². The van der Waals surface area contributed by atoms with Crippen molar-refractivity contribution in [1.82, 2.24) is 0 Å². The van der Waals surface area contributed by atoms with Gasteiger partial charge in [0.15, 0.2) is 0 Å². The predicted octanol–water partition coefficient (Wildman–Crippen LogP) is 6.08. The van der Waals surface area contributed by atoms with Gasteiger partial charge in [0.25, 0.3) is 0 Å². The molecule has 85 valence electrons. The molecular formula is C11H9Br4Zr. The Morgan fingerprint density at radius 3 is 1.81 bits per heavy atom. The van der Waals surface area contributed by atoms with Crippen molar-refractivity contribution >= 4 is 48.9 Å². The van der Waals surface area contributed by atoms with E-state index in [0.717, 1.165) is 0 Å². The van der Waals surface area contributed by atoms with E-state index in [4.69, 9.17) is 0 Å². The first-order valence-electron chi connectivity index (χ1n) is 4.53. The van der Waals surface area contributed by atoms with Crippen molar-refractivity contribution in [1.29, 1.82) is 0 Å². The topological polar surface area (TPSA) is 0 Å². The van der Waals surface area contributed by atoms with Crippen LogP contribution in [0.4, 0.5) is 0 Å². The van der Waals surface area contributed by atoms with Gasteiger partial charge in [0.1, 0.15) is 0 Å². The summed E-state index contributed by atoms with van der Waals surface area (Å²) in [5, 5.41) is 0. The summed E-state index contributed by atoms with van der Waals surface area (Å²) in [6, 6.07) is 11.1. The summed E-state index contributed by atoms with van der Waals surface area (Å²) in [7, 11) is -1.93. The Labute approximate surface area is 124 Å². The van der Waals surface area contributed by atoms with Crippen LogP contribution in [-0.4, -0.2) is 0 Å². The molecule has 1 aliphatic rings. The van der Waals surface area contributed by atoms with E-state index in [-0.39, 0.29) is 0 Å². The zero-order valence-electron chi connectivity index (χ0n) is 8.21. The normalized spacial score (nSPS) is 14.8. The van der Waals surface area contributed by atoms with Gasteiger partial charge in [-0.05, 0) is 11.6 Å². The van der Waals surface area contributed by atoms with Gasteiger partial charge in [0.05, 0.1) is 0 Å². The molecule has 0 aliphatic heterocycles. The maximum absolute atomic E-state index is 3.34. The molecule has 1 aromatic rings. The molecule has 5 heteroatoms. The van der Waals surface area contributed by atoms with E-state index in [1.54, 1.807) is 0 Å². The van der Waals surface area contributed by atoms with Crippen molar-refractivity contribution in [3.8, 4) is 0 Å². The maximum atomic E-state index is 3.34. The fourth-order valence-corrected chi connectivity index (χ4v) is 1.28. The molecule has 1 radical (unpaired) electrons. The first-order valence-corrected chi connectivity index (χ1v) is 27.0. The summed E-state index contributed by atoms with van der Waals surface area (Å²) in [6.07, 6.45) is 8.55. The second-order valence-corrected chi connectivity index (χ2v) is 71.1. The average Bonchev–Trinajstić information content (AvgIpc) is 2.69. The van der Waals surface area contributed by atoms with Crippen LogP contribution in [0.2, 0.25) is 0 Å². The molecule has 2 rings (SSSR count). The van der Waals surface area contributed by atoms with E-state index in [1.807, 2.05) is 12.1 Å². The average molecular weight is 552 g/mol. The minimum Gasteiger partial charge on any atom is -0.0732 e. The first-order chi connectivity index (χ1) is 7.47. The molecule has 0 bridgehead atoms. The molecule has 0 saturated heterocycles. The molecule has 0 N–H and O–H groups in total. The Kier molecular flexibility index (Phi) is 7.62. The van der Waals surface area contributed by atoms with Crippen molar-refractivity contribution in [2.75, 3.05) is 0 Å². The monoisotopic (exact) mass is 547 g/mol. The summed E-state index contributed by atoms with van der Waals surface area (Å²) in [5.41, 5.74) is 1.34. The molecule has 0 nitrogen and oxygen atoms in total. The fourth-order valence-electron chi connectivity index (χ4n) is 1.28. The minimum absolute atomic E-state index is 0.490. The van der Waals surface area contributed by atoms with Crippen molar-refractivity contribution in [2.45, 2.75) is 5.92 Å². The standard InChI is InChI=1S/C11H9.4BrH.Zr/c1-2-6-10(7-3-1)11-8-4-5-9-11;;;;;/h2-9,11H;4*1H;/q;;;;;+4/p-4. The number of rotatable bonds is 1. The van der Waals surface area contributed by atoms with Crippen LogP contribution in [0.25, 0.3) is 0 Å². The molecule has 0 amide bonds. The zero-order chi connectivity index (χ0) is 12.0. The van der Waals surface area contributed by atoms with E-state index >= 15 is 0 Å². The van der Waals surface area contributed by atoms with Crippen LogP contribution < -0.4 is 0 Å². The Hall–Kier alpha value is 1.50. The van der Waals surface area contributed by atoms with Crippen LogP contribution in [0.5, 0.6) is 0 Å². The Balaban J connectivity index is 0.000000221. The molecule has 0 aromatic heterocycles. The summed E-state index contributed by atoms with van der Waals surface area (Å²) in [6.45, 7) is 0. The van der Waals surface area contributed by atoms with Crippen molar-refractivity contribution in [3.63, 3.8) is 0 Å². The Morgan fingerprint density at radius 2 is 1.38 bits per heavy atom. The van der Waals surface area contributed by atoms with Crippen LogP contribution in [0, 0.1) is 6.07 Å². The Bertz CT molecular complexity index is 349. The zero-order valence-corrected chi connectivity index (χ0v) is 17.0. The van der Waals surface area contributed by atoms with Crippen molar-refractivity contribution in [2.24, 2.45) is 0 Å². The van der Waals surface area contributed by atoms with E-state index < -0.39 is 10.9 Å². The van der Waals surface area contributed by atoms with Gasteiger partial charge in [-0.25, -0.2) is 0 Å². The third-order valence-corrected chi connectivity index (χ3v) is 1.88. The fraction of sp³-hybridized carbons (Fsp3) is 0.0909. The summed E-state index contributed by atoms with van der Waals surface area (Å²) < 4.78 is 0. The molecule has 1 aliphatic carbocycles. The van der Waals surface area contributed by atoms with Crippen LogP contribution >= 0.6 is 48.9 Å². The quantitative estimate of drug-likeness (QED) is 0.397. The third kappa shape index (κ3) is 7.76. The largest absolute Gasteiger partial charge is 0.0732 e. The van der Waals surface area contributed by atoms with E-state index in [9.17, 15) is 0 Å². The van der Waals surface area contributed by atoms with Gasteiger partial charge in [-0.1, -0.05) is 48.6 Å². The van der Waals surface area contributed by atoms with Gasteiger partial charge < -0.3 is 0 Å². The van der Waals surface area contributed by atoms with Crippen molar-refractivity contribution < 1.29 is 10.9 Å². The molecule has 1 aromatic carbocycles. The molecular weight excluding hydrogens is 543 g/mol. The van der Waals surface area contributed by atoms with Gasteiger partial charge in [0.2, 0.25) is 0 Å². The van der Waals surface area contributed by atoms with Gasteiger partial charge in [-0.2, -0.15) is 0 Å². The molecule has 16 heavy (non-hydrogen) atoms. The van der Waals surface area contributed by atoms with Crippen LogP contribution in [-0.2, 0) is 10.9 Å². The SMILES string of the molecule is [Br][Zr]([Br])([Br])[Br].[c]1ccc(C2C=CC=C2)cc1. The van der Waals surface area contributed by atoms with Crippen LogP contribution in [0.15, 0.2) is 48.6 Å². The number of hydrogen-bond acceptors (Lipinski definition) is 0. The second kappa shape index (κ2) is 7.83. The van der Waals surface area contributed by atoms with Crippen molar-refractivity contribution in [3.05, 3.63) is 60.2 Å².